The van der Waals surface area contributed by atoms with Crippen LogP contribution in [0.2, 0.25) is 0 Å². The fourth-order valence-electron chi connectivity index (χ4n) is 6.53. The van der Waals surface area contributed by atoms with E-state index in [9.17, 15) is 26.7 Å². The predicted molar refractivity (Wildman–Crippen MR) is 113 cm³/mol. The number of hydrogen-bond donors (Lipinski definition) is 2. The summed E-state index contributed by atoms with van der Waals surface area (Å²) in [5.74, 6) is -7.11. The van der Waals surface area contributed by atoms with Gasteiger partial charge < -0.3 is 10.6 Å². The molecule has 4 bridgehead atoms. The molecular formula is C23H30ClF5N2O. The third-order valence-electron chi connectivity index (χ3n) is 7.41. The lowest BCUT2D eigenvalue weighted by Gasteiger charge is -2.56. The Labute approximate surface area is 191 Å². The van der Waals surface area contributed by atoms with Crippen molar-refractivity contribution in [1.29, 1.82) is 0 Å². The van der Waals surface area contributed by atoms with Crippen molar-refractivity contribution >= 4 is 18.3 Å². The molecule has 0 radical (unpaired) electrons. The molecule has 4 saturated carbocycles. The molecule has 5 rings (SSSR count). The standard InChI is InChI=1S/C23H29F5N2O.ClH/c24-18-16(19(25)21(27)22(28)20(18)26)12-29-3-1-2-4-30-17(31)11-23-8-13-5-14(9-23)7-15(6-13)10-23;/h13-15,29H,1-12H2,(H,30,31);1H. The summed E-state index contributed by atoms with van der Waals surface area (Å²) in [5, 5.41) is 5.68. The Morgan fingerprint density at radius 1 is 0.781 bits per heavy atom. The van der Waals surface area contributed by atoms with Crippen LogP contribution in [0.3, 0.4) is 0 Å². The Morgan fingerprint density at radius 3 is 1.78 bits per heavy atom. The van der Waals surface area contributed by atoms with E-state index in [0.29, 0.717) is 32.4 Å². The molecule has 2 N–H and O–H groups in total. The fraction of sp³-hybridized carbons (Fsp3) is 0.696. The molecule has 0 aliphatic heterocycles. The van der Waals surface area contributed by atoms with E-state index in [-0.39, 0.29) is 23.7 Å². The lowest BCUT2D eigenvalue weighted by Crippen LogP contribution is -2.48. The summed E-state index contributed by atoms with van der Waals surface area (Å²) in [6.45, 7) is 0.393. The van der Waals surface area contributed by atoms with E-state index in [1.807, 2.05) is 0 Å². The van der Waals surface area contributed by atoms with Gasteiger partial charge in [0.05, 0.1) is 0 Å². The molecule has 9 heteroatoms. The molecule has 32 heavy (non-hydrogen) atoms. The normalized spacial score (nSPS) is 28.0. The highest BCUT2D eigenvalue weighted by atomic mass is 35.5. The van der Waals surface area contributed by atoms with Gasteiger partial charge in [0.25, 0.3) is 0 Å². The van der Waals surface area contributed by atoms with E-state index in [4.69, 9.17) is 0 Å². The Balaban J connectivity index is 0.00000289. The maximum Gasteiger partial charge on any atom is 0.220 e. The number of carbonyl (C=O) groups excluding carboxylic acids is 1. The molecule has 0 saturated heterocycles. The van der Waals surface area contributed by atoms with Gasteiger partial charge in [-0.25, -0.2) is 22.0 Å². The van der Waals surface area contributed by atoms with Crippen LogP contribution in [-0.2, 0) is 11.3 Å². The molecule has 4 aliphatic rings. The zero-order valence-electron chi connectivity index (χ0n) is 17.9. The summed E-state index contributed by atoms with van der Waals surface area (Å²) in [7, 11) is 0. The molecular weight excluding hydrogens is 451 g/mol. The van der Waals surface area contributed by atoms with Gasteiger partial charge in [0, 0.05) is 25.1 Å². The van der Waals surface area contributed by atoms with Gasteiger partial charge in [-0.15, -0.1) is 12.4 Å². The number of benzene rings is 1. The van der Waals surface area contributed by atoms with E-state index in [2.05, 4.69) is 10.6 Å². The Hall–Kier alpha value is -1.41. The minimum Gasteiger partial charge on any atom is -0.356 e. The Bertz CT molecular complexity index is 786. The SMILES string of the molecule is Cl.O=C(CC12CC3CC(CC(C3)C1)C2)NCCCCNCc1c(F)c(F)c(F)c(F)c1F. The van der Waals surface area contributed by atoms with Gasteiger partial charge >= 0.3 is 0 Å². The molecule has 4 aliphatic carbocycles. The van der Waals surface area contributed by atoms with Crippen LogP contribution in [0.1, 0.15) is 63.4 Å². The molecule has 4 fully saturated rings. The first-order valence-corrected chi connectivity index (χ1v) is 11.3. The smallest absolute Gasteiger partial charge is 0.220 e. The second kappa shape index (κ2) is 10.2. The van der Waals surface area contributed by atoms with Gasteiger partial charge in [-0.3, -0.25) is 4.79 Å². The molecule has 180 valence electrons. The van der Waals surface area contributed by atoms with Crippen molar-refractivity contribution in [3.8, 4) is 0 Å². The minimum absolute atomic E-state index is 0. The monoisotopic (exact) mass is 480 g/mol. The number of nitrogens with one attached hydrogen (secondary N) is 2. The van der Waals surface area contributed by atoms with Gasteiger partial charge in [-0.05, 0) is 81.1 Å². The van der Waals surface area contributed by atoms with Gasteiger partial charge in [0.15, 0.2) is 23.3 Å². The van der Waals surface area contributed by atoms with Crippen LogP contribution in [0.4, 0.5) is 22.0 Å². The van der Waals surface area contributed by atoms with Crippen LogP contribution in [0.15, 0.2) is 0 Å². The maximum atomic E-state index is 13.6. The van der Waals surface area contributed by atoms with Crippen LogP contribution < -0.4 is 10.6 Å². The topological polar surface area (TPSA) is 41.1 Å². The second-order valence-corrected chi connectivity index (χ2v) is 9.88. The van der Waals surface area contributed by atoms with Gasteiger partial charge in [-0.2, -0.15) is 0 Å². The summed E-state index contributed by atoms with van der Waals surface area (Å²) in [6.07, 6.45) is 9.48. The van der Waals surface area contributed by atoms with Crippen LogP contribution >= 0.6 is 12.4 Å². The second-order valence-electron chi connectivity index (χ2n) is 9.88. The third kappa shape index (κ3) is 5.22. The molecule has 1 amide bonds. The number of unbranched alkanes of at least 4 members (excludes halogenated alkanes) is 1. The van der Waals surface area contributed by atoms with Crippen molar-refractivity contribution in [2.45, 2.75) is 64.3 Å². The average Bonchev–Trinajstić information content (AvgIpc) is 2.71. The number of carbonyl (C=O) groups is 1. The third-order valence-corrected chi connectivity index (χ3v) is 7.41. The van der Waals surface area contributed by atoms with E-state index < -0.39 is 41.2 Å². The Kier molecular flexibility index (Phi) is 8.07. The molecule has 0 unspecified atom stereocenters. The first kappa shape index (κ1) is 25.2. The summed E-state index contributed by atoms with van der Waals surface area (Å²) >= 11 is 0. The van der Waals surface area contributed by atoms with Crippen molar-refractivity contribution in [3.63, 3.8) is 0 Å². The van der Waals surface area contributed by atoms with Crippen molar-refractivity contribution in [1.82, 2.24) is 10.6 Å². The summed E-state index contributed by atoms with van der Waals surface area (Å²) in [5.41, 5.74) is -0.658. The average molecular weight is 481 g/mol. The molecule has 0 aromatic heterocycles. The highest BCUT2D eigenvalue weighted by Crippen LogP contribution is 2.61. The first-order valence-electron chi connectivity index (χ1n) is 11.3. The molecule has 3 nitrogen and oxygen atoms in total. The highest BCUT2D eigenvalue weighted by molar-refractivity contribution is 5.85. The number of amides is 1. The summed E-state index contributed by atoms with van der Waals surface area (Å²) in [6, 6.07) is 0. The van der Waals surface area contributed by atoms with Gasteiger partial charge in [0.1, 0.15) is 0 Å². The van der Waals surface area contributed by atoms with Gasteiger partial charge in [0.2, 0.25) is 11.7 Å². The van der Waals surface area contributed by atoms with Crippen LogP contribution in [0, 0.1) is 52.3 Å². The molecule has 0 spiro atoms. The van der Waals surface area contributed by atoms with Crippen molar-refractivity contribution in [2.24, 2.45) is 23.2 Å². The van der Waals surface area contributed by atoms with Crippen molar-refractivity contribution in [2.75, 3.05) is 13.1 Å². The molecule has 1 aromatic rings. The number of halogens is 6. The van der Waals surface area contributed by atoms with Crippen molar-refractivity contribution in [3.05, 3.63) is 34.6 Å². The van der Waals surface area contributed by atoms with E-state index >= 15 is 0 Å². The zero-order chi connectivity index (χ0) is 22.2. The largest absolute Gasteiger partial charge is 0.356 e. The van der Waals surface area contributed by atoms with Crippen LogP contribution in [0.5, 0.6) is 0 Å². The van der Waals surface area contributed by atoms with E-state index in [1.54, 1.807) is 0 Å². The zero-order valence-corrected chi connectivity index (χ0v) is 18.7. The van der Waals surface area contributed by atoms with Crippen molar-refractivity contribution < 1.29 is 26.7 Å². The Morgan fingerprint density at radius 2 is 1.25 bits per heavy atom. The lowest BCUT2D eigenvalue weighted by molar-refractivity contribution is -0.129. The number of rotatable bonds is 9. The molecule has 1 aromatic carbocycles. The summed E-state index contributed by atoms with van der Waals surface area (Å²) < 4.78 is 66.7. The lowest BCUT2D eigenvalue weighted by atomic mass is 9.49. The van der Waals surface area contributed by atoms with Gasteiger partial charge in [-0.1, -0.05) is 0 Å². The minimum atomic E-state index is -2.15. The molecule has 0 heterocycles. The molecule has 0 atom stereocenters. The fourth-order valence-corrected chi connectivity index (χ4v) is 6.53. The summed E-state index contributed by atoms with van der Waals surface area (Å²) in [4.78, 5) is 12.5. The predicted octanol–water partition coefficient (Wildman–Crippen LogP) is 5.40. The van der Waals surface area contributed by atoms with E-state index in [1.165, 1.54) is 38.5 Å². The quantitative estimate of drug-likeness (QED) is 0.215. The maximum absolute atomic E-state index is 13.6. The van der Waals surface area contributed by atoms with Crippen LogP contribution in [0.25, 0.3) is 0 Å². The van der Waals surface area contributed by atoms with Crippen LogP contribution in [-0.4, -0.2) is 19.0 Å². The number of hydrogen-bond acceptors (Lipinski definition) is 2. The van der Waals surface area contributed by atoms with E-state index in [0.717, 1.165) is 17.8 Å². The first-order chi connectivity index (χ1) is 14.8. The highest BCUT2D eigenvalue weighted by Gasteiger charge is 2.51.